The molecule has 0 saturated heterocycles. The topological polar surface area (TPSA) is 115 Å². The number of hydrogen-bond donors (Lipinski definition) is 2. The number of halogens is 2. The van der Waals surface area contributed by atoms with Gasteiger partial charge >= 0.3 is 0 Å². The van der Waals surface area contributed by atoms with Crippen LogP contribution in [0, 0.1) is 5.82 Å². The molecule has 3 aromatic carbocycles. The molecule has 41 heavy (non-hydrogen) atoms. The first-order valence-electron chi connectivity index (χ1n) is 12.3. The van der Waals surface area contributed by atoms with Crippen LogP contribution in [0.5, 0.6) is 5.75 Å². The quantitative estimate of drug-likeness (QED) is 0.170. The fraction of sp³-hybridized carbons (Fsp3) is 0.179. The number of nitrogens with one attached hydrogen (secondary N) is 2. The highest BCUT2D eigenvalue weighted by molar-refractivity contribution is 7.90. The third-order valence-corrected chi connectivity index (χ3v) is 8.35. The number of aromatic nitrogens is 3. The number of benzene rings is 3. The average Bonchev–Trinajstić information content (AvgIpc) is 3.42. The van der Waals surface area contributed by atoms with Crippen LogP contribution in [-0.4, -0.2) is 42.5 Å². The van der Waals surface area contributed by atoms with Crippen molar-refractivity contribution in [3.8, 4) is 16.3 Å². The number of fused-ring (bicyclic) bond motifs is 1. The molecule has 9 nitrogen and oxygen atoms in total. The van der Waals surface area contributed by atoms with Crippen molar-refractivity contribution >= 4 is 55.2 Å². The van der Waals surface area contributed by atoms with Crippen LogP contribution in [-0.2, 0) is 21.3 Å². The Bertz CT molecular complexity index is 1800. The maximum Gasteiger partial charge on any atom is 0.149 e. The van der Waals surface area contributed by atoms with Crippen LogP contribution < -0.4 is 15.5 Å². The molecule has 2 heterocycles. The summed E-state index contributed by atoms with van der Waals surface area (Å²) in [4.78, 5) is 19.1. The Morgan fingerprint density at radius 3 is 2.68 bits per heavy atom. The van der Waals surface area contributed by atoms with E-state index in [1.807, 2.05) is 24.3 Å². The molecule has 2 aromatic heterocycles. The number of hydroxylamine groups is 1. The monoisotopic (exact) mass is 613 g/mol. The molecule has 5 aromatic rings. The minimum Gasteiger partial charge on any atom is -0.487 e. The van der Waals surface area contributed by atoms with E-state index in [1.54, 1.807) is 30.5 Å². The van der Waals surface area contributed by atoms with Crippen molar-refractivity contribution in [1.82, 2.24) is 20.4 Å². The van der Waals surface area contributed by atoms with Gasteiger partial charge in [0.05, 0.1) is 29.4 Å². The van der Waals surface area contributed by atoms with Crippen LogP contribution in [0.4, 0.5) is 15.9 Å². The molecule has 13 heteroatoms. The Labute approximate surface area is 245 Å². The van der Waals surface area contributed by atoms with Gasteiger partial charge in [-0.25, -0.2) is 27.8 Å². The molecule has 0 unspecified atom stereocenters. The smallest absolute Gasteiger partial charge is 0.149 e. The zero-order valence-corrected chi connectivity index (χ0v) is 24.4. The molecule has 0 aliphatic rings. The summed E-state index contributed by atoms with van der Waals surface area (Å²) in [5, 5.41) is 5.13. The van der Waals surface area contributed by atoms with E-state index in [4.69, 9.17) is 21.2 Å². The van der Waals surface area contributed by atoms with Crippen LogP contribution in [0.1, 0.15) is 16.5 Å². The first-order valence-corrected chi connectivity index (χ1v) is 15.5. The molecule has 0 saturated carbocycles. The molecular formula is C28H25ClFN5O4S2. The van der Waals surface area contributed by atoms with E-state index in [0.29, 0.717) is 32.8 Å². The Morgan fingerprint density at radius 2 is 1.93 bits per heavy atom. The summed E-state index contributed by atoms with van der Waals surface area (Å²) in [6, 6.07) is 16.6. The number of anilines is 2. The fourth-order valence-corrected chi connectivity index (χ4v) is 6.26. The minimum atomic E-state index is -3.26. The van der Waals surface area contributed by atoms with Crippen molar-refractivity contribution in [2.75, 3.05) is 24.4 Å². The predicted molar refractivity (Wildman–Crippen MR) is 159 cm³/mol. The highest BCUT2D eigenvalue weighted by atomic mass is 35.5. The van der Waals surface area contributed by atoms with Crippen LogP contribution in [0.15, 0.2) is 73.2 Å². The fourth-order valence-electron chi connectivity index (χ4n) is 4.11. The lowest BCUT2D eigenvalue weighted by Crippen LogP contribution is -2.26. The minimum absolute atomic E-state index is 0.126. The van der Waals surface area contributed by atoms with Crippen LogP contribution in [0.25, 0.3) is 21.5 Å². The molecule has 0 bridgehead atoms. The molecule has 0 radical (unpaired) electrons. The third kappa shape index (κ3) is 7.34. The van der Waals surface area contributed by atoms with Crippen LogP contribution >= 0.6 is 22.9 Å². The zero-order valence-electron chi connectivity index (χ0n) is 22.0. The Hall–Kier alpha value is -3.68. The molecule has 0 spiro atoms. The van der Waals surface area contributed by atoms with E-state index >= 15 is 0 Å². The van der Waals surface area contributed by atoms with E-state index in [9.17, 15) is 12.8 Å². The summed E-state index contributed by atoms with van der Waals surface area (Å²) in [5.74, 6) is 0.577. The molecule has 1 atom stereocenters. The van der Waals surface area contributed by atoms with Gasteiger partial charge in [-0.15, -0.1) is 11.3 Å². The van der Waals surface area contributed by atoms with Crippen LogP contribution in [0.2, 0.25) is 5.02 Å². The summed E-state index contributed by atoms with van der Waals surface area (Å²) in [6.45, 7) is 0.179. The first-order chi connectivity index (χ1) is 19.7. The summed E-state index contributed by atoms with van der Waals surface area (Å²) in [5.41, 5.74) is 5.66. The average molecular weight is 614 g/mol. The van der Waals surface area contributed by atoms with Gasteiger partial charge in [-0.1, -0.05) is 23.7 Å². The first kappa shape index (κ1) is 28.8. The summed E-state index contributed by atoms with van der Waals surface area (Å²) in [6.07, 6.45) is 4.29. The van der Waals surface area contributed by atoms with Crippen molar-refractivity contribution in [3.05, 3.63) is 94.5 Å². The lowest BCUT2D eigenvalue weighted by Gasteiger charge is -2.13. The summed E-state index contributed by atoms with van der Waals surface area (Å²) >= 11 is 7.85. The second kappa shape index (κ2) is 12.5. The van der Waals surface area contributed by atoms with Gasteiger partial charge < -0.3 is 14.9 Å². The maximum absolute atomic E-state index is 13.4. The van der Waals surface area contributed by atoms with Gasteiger partial charge in [-0.2, -0.15) is 5.48 Å². The molecule has 212 valence electrons. The van der Waals surface area contributed by atoms with Gasteiger partial charge in [0.15, 0.2) is 0 Å². The number of sulfone groups is 1. The van der Waals surface area contributed by atoms with E-state index in [0.717, 1.165) is 21.3 Å². The summed E-state index contributed by atoms with van der Waals surface area (Å²) < 4.78 is 43.0. The summed E-state index contributed by atoms with van der Waals surface area (Å²) in [7, 11) is -1.82. The lowest BCUT2D eigenvalue weighted by atomic mass is 10.1. The van der Waals surface area contributed by atoms with E-state index in [1.165, 1.54) is 43.2 Å². The molecular weight excluding hydrogens is 589 g/mol. The Kier molecular flexibility index (Phi) is 8.76. The van der Waals surface area contributed by atoms with Crippen molar-refractivity contribution in [2.45, 2.75) is 12.6 Å². The Morgan fingerprint density at radius 1 is 1.07 bits per heavy atom. The van der Waals surface area contributed by atoms with Gasteiger partial charge in [0.1, 0.15) is 45.2 Å². The third-order valence-electron chi connectivity index (χ3n) is 5.96. The number of thiazole rings is 1. The molecule has 2 N–H and O–H groups in total. The van der Waals surface area contributed by atoms with E-state index in [2.05, 4.69) is 25.7 Å². The standard InChI is InChI=1S/C28H25ClFN5O4S2/c1-38-35-24(15-41(2,36)37)26-13-31-28(40-26)18-6-8-23-21(11-18)27(33-16-32-23)34-20-7-9-25(22(29)12-20)39-14-17-4-3-5-19(30)10-17/h3-13,16,24,35H,14-15H2,1-2H3,(H,32,33,34)/t24-/m0/s1. The SMILES string of the molecule is CON[C@@H](CS(C)(=O)=O)c1cnc(-c2ccc3ncnc(Nc4ccc(OCc5cccc(F)c5)c(Cl)c4)c3c2)s1. The maximum atomic E-state index is 13.4. The van der Waals surface area contributed by atoms with Gasteiger partial charge in [-0.3, -0.25) is 0 Å². The molecule has 0 aliphatic heterocycles. The number of rotatable bonds is 11. The normalized spacial score (nSPS) is 12.4. The molecule has 0 aliphatic carbocycles. The lowest BCUT2D eigenvalue weighted by molar-refractivity contribution is 0.0676. The second-order valence-electron chi connectivity index (χ2n) is 9.18. The van der Waals surface area contributed by atoms with Crippen LogP contribution in [0.3, 0.4) is 0 Å². The number of nitrogens with zero attached hydrogens (tertiary/aromatic N) is 3. The molecule has 0 fully saturated rings. The molecule has 5 rings (SSSR count). The second-order valence-corrected chi connectivity index (χ2v) is 12.8. The zero-order chi connectivity index (χ0) is 29.0. The highest BCUT2D eigenvalue weighted by Crippen LogP contribution is 2.34. The molecule has 0 amide bonds. The van der Waals surface area contributed by atoms with Gasteiger partial charge in [0.25, 0.3) is 0 Å². The number of hydrogen-bond acceptors (Lipinski definition) is 10. The van der Waals surface area contributed by atoms with Crippen molar-refractivity contribution in [1.29, 1.82) is 0 Å². The van der Waals surface area contributed by atoms with E-state index in [-0.39, 0.29) is 18.2 Å². The van der Waals surface area contributed by atoms with Gasteiger partial charge in [-0.05, 0) is 54.1 Å². The van der Waals surface area contributed by atoms with Crippen molar-refractivity contribution in [3.63, 3.8) is 0 Å². The Balaban J connectivity index is 1.37. The van der Waals surface area contributed by atoms with Gasteiger partial charge in [0.2, 0.25) is 0 Å². The van der Waals surface area contributed by atoms with E-state index < -0.39 is 15.9 Å². The predicted octanol–water partition coefficient (Wildman–Crippen LogP) is 6.11. The highest BCUT2D eigenvalue weighted by Gasteiger charge is 2.21. The van der Waals surface area contributed by atoms with Crippen molar-refractivity contribution < 1.29 is 22.4 Å². The number of ether oxygens (including phenoxy) is 1. The largest absolute Gasteiger partial charge is 0.487 e. The van der Waals surface area contributed by atoms with Gasteiger partial charge in [0, 0.05) is 34.0 Å². The van der Waals surface area contributed by atoms with Crippen molar-refractivity contribution in [2.24, 2.45) is 0 Å².